The van der Waals surface area contributed by atoms with Gasteiger partial charge in [-0.2, -0.15) is 0 Å². The zero-order chi connectivity index (χ0) is 13.9. The van der Waals surface area contributed by atoms with Crippen molar-refractivity contribution < 1.29 is 14.7 Å². The smallest absolute Gasteiger partial charge is 0.309 e. The Morgan fingerprint density at radius 1 is 1.33 bits per heavy atom. The molecule has 0 aliphatic carbocycles. The van der Waals surface area contributed by atoms with Crippen LogP contribution in [0.5, 0.6) is 0 Å². The van der Waals surface area contributed by atoms with Crippen molar-refractivity contribution in [3.63, 3.8) is 0 Å². The molecule has 0 radical (unpaired) electrons. The number of piperidine rings is 1. The molecule has 5 nitrogen and oxygen atoms in total. The van der Waals surface area contributed by atoms with Gasteiger partial charge in [-0.05, 0) is 25.7 Å². The number of likely N-dealkylation sites (tertiary alicyclic amines) is 1. The number of carbonyl (C=O) groups is 2. The van der Waals surface area contributed by atoms with E-state index in [-0.39, 0.29) is 17.7 Å². The van der Waals surface area contributed by atoms with Gasteiger partial charge in [-0.15, -0.1) is 0 Å². The number of carboxylic acid groups (broad SMARTS) is 1. The lowest BCUT2D eigenvalue weighted by Gasteiger charge is -2.38. The molecule has 1 saturated heterocycles. The number of amides is 1. The highest BCUT2D eigenvalue weighted by Crippen LogP contribution is 2.31. The predicted octanol–water partition coefficient (Wildman–Crippen LogP) is 0.931. The van der Waals surface area contributed by atoms with Crippen molar-refractivity contribution in [2.24, 2.45) is 23.0 Å². The van der Waals surface area contributed by atoms with Crippen molar-refractivity contribution in [2.45, 2.75) is 33.6 Å². The first kappa shape index (κ1) is 15.0. The lowest BCUT2D eigenvalue weighted by atomic mass is 9.80. The highest BCUT2D eigenvalue weighted by Gasteiger charge is 2.39. The highest BCUT2D eigenvalue weighted by atomic mass is 16.4. The summed E-state index contributed by atoms with van der Waals surface area (Å²) in [5, 5.41) is 9.14. The Hall–Kier alpha value is -1.10. The number of carboxylic acids is 1. The van der Waals surface area contributed by atoms with E-state index in [1.807, 2.05) is 13.8 Å². The third-order valence-corrected chi connectivity index (χ3v) is 4.07. The van der Waals surface area contributed by atoms with Crippen LogP contribution in [0.25, 0.3) is 0 Å². The van der Waals surface area contributed by atoms with Crippen LogP contribution in [0.3, 0.4) is 0 Å². The fourth-order valence-corrected chi connectivity index (χ4v) is 2.33. The second-order valence-electron chi connectivity index (χ2n) is 5.78. The van der Waals surface area contributed by atoms with E-state index < -0.39 is 11.4 Å². The summed E-state index contributed by atoms with van der Waals surface area (Å²) in [7, 11) is 0. The summed E-state index contributed by atoms with van der Waals surface area (Å²) in [5.74, 6) is -0.636. The highest BCUT2D eigenvalue weighted by molar-refractivity contribution is 5.80. The second kappa shape index (κ2) is 5.69. The Balaban J connectivity index is 2.63. The zero-order valence-corrected chi connectivity index (χ0v) is 11.5. The van der Waals surface area contributed by atoms with Crippen LogP contribution in [0, 0.1) is 17.3 Å². The summed E-state index contributed by atoms with van der Waals surface area (Å²) < 4.78 is 0. The maximum atomic E-state index is 12.3. The molecule has 0 aromatic rings. The summed E-state index contributed by atoms with van der Waals surface area (Å²) in [5.41, 5.74) is 4.95. The lowest BCUT2D eigenvalue weighted by molar-refractivity contribution is -0.154. The molecular formula is C13H24N2O3. The first-order valence-electron chi connectivity index (χ1n) is 6.54. The molecule has 0 saturated carbocycles. The van der Waals surface area contributed by atoms with Crippen molar-refractivity contribution in [2.75, 3.05) is 19.6 Å². The van der Waals surface area contributed by atoms with E-state index in [9.17, 15) is 9.59 Å². The summed E-state index contributed by atoms with van der Waals surface area (Å²) >= 11 is 0. The van der Waals surface area contributed by atoms with E-state index >= 15 is 0 Å². The summed E-state index contributed by atoms with van der Waals surface area (Å²) in [4.78, 5) is 25.1. The molecule has 1 unspecified atom stereocenters. The van der Waals surface area contributed by atoms with E-state index in [1.165, 1.54) is 0 Å². The molecule has 104 valence electrons. The molecule has 1 atom stereocenters. The standard InChI is InChI=1S/C13H24N2O3/c1-9(2)10(8-14)11(16)15-6-4-13(3,5-7-15)12(17)18/h9-10H,4-8,14H2,1-3H3,(H,17,18). The summed E-state index contributed by atoms with van der Waals surface area (Å²) in [6.45, 7) is 7.11. The van der Waals surface area contributed by atoms with Crippen LogP contribution in [0.15, 0.2) is 0 Å². The molecule has 0 aromatic heterocycles. The molecule has 18 heavy (non-hydrogen) atoms. The van der Waals surface area contributed by atoms with Crippen LogP contribution in [0.4, 0.5) is 0 Å². The number of nitrogens with two attached hydrogens (primary N) is 1. The summed E-state index contributed by atoms with van der Waals surface area (Å²) in [6.07, 6.45) is 1.03. The third-order valence-electron chi connectivity index (χ3n) is 4.07. The molecule has 0 aromatic carbocycles. The minimum Gasteiger partial charge on any atom is -0.481 e. The topological polar surface area (TPSA) is 83.6 Å². The van der Waals surface area contributed by atoms with Gasteiger partial charge in [-0.1, -0.05) is 13.8 Å². The largest absolute Gasteiger partial charge is 0.481 e. The van der Waals surface area contributed by atoms with Gasteiger partial charge in [0.1, 0.15) is 0 Å². The van der Waals surface area contributed by atoms with E-state index in [1.54, 1.807) is 11.8 Å². The Labute approximate surface area is 108 Å². The van der Waals surface area contributed by atoms with Crippen molar-refractivity contribution >= 4 is 11.9 Å². The van der Waals surface area contributed by atoms with Crippen molar-refractivity contribution in [3.8, 4) is 0 Å². The minimum absolute atomic E-state index is 0.0694. The van der Waals surface area contributed by atoms with Gasteiger partial charge in [0.25, 0.3) is 0 Å². The van der Waals surface area contributed by atoms with Gasteiger partial charge in [0.15, 0.2) is 0 Å². The SMILES string of the molecule is CC(C)C(CN)C(=O)N1CCC(C)(C(=O)O)CC1. The van der Waals surface area contributed by atoms with Gasteiger partial charge in [0.2, 0.25) is 5.91 Å². The molecule has 1 amide bonds. The molecular weight excluding hydrogens is 232 g/mol. The molecule has 1 aliphatic rings. The summed E-state index contributed by atoms with van der Waals surface area (Å²) in [6, 6.07) is 0. The first-order chi connectivity index (χ1) is 8.31. The number of hydrogen-bond donors (Lipinski definition) is 2. The number of hydrogen-bond acceptors (Lipinski definition) is 3. The molecule has 1 rings (SSSR count). The van der Waals surface area contributed by atoms with Gasteiger partial charge in [-0.3, -0.25) is 9.59 Å². The minimum atomic E-state index is -0.770. The molecule has 3 N–H and O–H groups in total. The van der Waals surface area contributed by atoms with Gasteiger partial charge >= 0.3 is 5.97 Å². The molecule has 0 spiro atoms. The fourth-order valence-electron chi connectivity index (χ4n) is 2.33. The van der Waals surface area contributed by atoms with Gasteiger partial charge in [-0.25, -0.2) is 0 Å². The molecule has 1 aliphatic heterocycles. The third kappa shape index (κ3) is 3.02. The van der Waals surface area contributed by atoms with Crippen molar-refractivity contribution in [3.05, 3.63) is 0 Å². The van der Waals surface area contributed by atoms with Crippen LogP contribution >= 0.6 is 0 Å². The van der Waals surface area contributed by atoms with E-state index in [0.29, 0.717) is 32.5 Å². The van der Waals surface area contributed by atoms with E-state index in [4.69, 9.17) is 10.8 Å². The Bertz CT molecular complexity index is 320. The number of rotatable bonds is 4. The number of carbonyl (C=O) groups excluding carboxylic acids is 1. The van der Waals surface area contributed by atoms with Gasteiger partial charge in [0.05, 0.1) is 11.3 Å². The monoisotopic (exact) mass is 256 g/mol. The lowest BCUT2D eigenvalue weighted by Crippen LogP contribution is -2.49. The Morgan fingerprint density at radius 3 is 2.17 bits per heavy atom. The average Bonchev–Trinajstić information content (AvgIpc) is 2.30. The van der Waals surface area contributed by atoms with Crippen LogP contribution in [-0.2, 0) is 9.59 Å². The maximum Gasteiger partial charge on any atom is 0.309 e. The maximum absolute atomic E-state index is 12.3. The molecule has 1 heterocycles. The zero-order valence-electron chi connectivity index (χ0n) is 11.5. The predicted molar refractivity (Wildman–Crippen MR) is 68.9 cm³/mol. The van der Waals surface area contributed by atoms with Crippen LogP contribution in [0.1, 0.15) is 33.6 Å². The molecule has 1 fully saturated rings. The van der Waals surface area contributed by atoms with E-state index in [2.05, 4.69) is 0 Å². The van der Waals surface area contributed by atoms with Crippen LogP contribution in [-0.4, -0.2) is 41.5 Å². The van der Waals surface area contributed by atoms with Crippen LogP contribution < -0.4 is 5.73 Å². The van der Waals surface area contributed by atoms with Crippen LogP contribution in [0.2, 0.25) is 0 Å². The van der Waals surface area contributed by atoms with Gasteiger partial charge in [0, 0.05) is 19.6 Å². The Kier molecular flexibility index (Phi) is 4.73. The number of nitrogens with zero attached hydrogens (tertiary/aromatic N) is 1. The second-order valence-corrected chi connectivity index (χ2v) is 5.78. The first-order valence-corrected chi connectivity index (χ1v) is 6.54. The van der Waals surface area contributed by atoms with Gasteiger partial charge < -0.3 is 15.7 Å². The van der Waals surface area contributed by atoms with Crippen molar-refractivity contribution in [1.29, 1.82) is 0 Å². The van der Waals surface area contributed by atoms with Crippen molar-refractivity contribution in [1.82, 2.24) is 4.90 Å². The average molecular weight is 256 g/mol. The Morgan fingerprint density at radius 2 is 1.83 bits per heavy atom. The quantitative estimate of drug-likeness (QED) is 0.783. The normalized spacial score (nSPS) is 20.8. The van der Waals surface area contributed by atoms with E-state index in [0.717, 1.165) is 0 Å². The fraction of sp³-hybridized carbons (Fsp3) is 0.846. The number of aliphatic carboxylic acids is 1. The molecule has 5 heteroatoms. The molecule has 0 bridgehead atoms.